The van der Waals surface area contributed by atoms with Crippen molar-refractivity contribution in [2.75, 3.05) is 20.2 Å². The maximum absolute atomic E-state index is 13.6. The average molecular weight is 546 g/mol. The summed E-state index contributed by atoms with van der Waals surface area (Å²) in [6.07, 6.45) is -2.60. The van der Waals surface area contributed by atoms with Crippen LogP contribution in [0.2, 0.25) is 0 Å². The van der Waals surface area contributed by atoms with Crippen LogP contribution in [0, 0.1) is 19.8 Å². The molecule has 1 aliphatic heterocycles. The number of halogens is 3. The predicted molar refractivity (Wildman–Crippen MR) is 147 cm³/mol. The largest absolute Gasteiger partial charge is 0.496 e. The highest BCUT2D eigenvalue weighted by atomic mass is 19.4. The highest BCUT2D eigenvalue weighted by molar-refractivity contribution is 6.09. The summed E-state index contributed by atoms with van der Waals surface area (Å²) >= 11 is 0. The Balaban J connectivity index is 1.59. The lowest BCUT2D eigenvalue weighted by molar-refractivity contribution is -0.224. The van der Waals surface area contributed by atoms with E-state index in [1.165, 1.54) is 25.9 Å². The third-order valence-electron chi connectivity index (χ3n) is 8.60. The van der Waals surface area contributed by atoms with Crippen molar-refractivity contribution in [1.29, 1.82) is 0 Å². The first-order valence-electron chi connectivity index (χ1n) is 13.5. The first-order valence-corrected chi connectivity index (χ1v) is 13.5. The second-order valence-corrected chi connectivity index (χ2v) is 11.2. The van der Waals surface area contributed by atoms with Crippen molar-refractivity contribution in [3.8, 4) is 5.75 Å². The Bertz CT molecular complexity index is 1410. The Labute approximate surface area is 227 Å². The van der Waals surface area contributed by atoms with E-state index in [1.54, 1.807) is 13.0 Å². The molecule has 212 valence electrons. The molecule has 1 N–H and O–H groups in total. The molecule has 1 saturated heterocycles. The number of piperidine rings is 1. The van der Waals surface area contributed by atoms with E-state index in [2.05, 4.69) is 16.5 Å². The zero-order valence-electron chi connectivity index (χ0n) is 23.5. The molecule has 6 nitrogen and oxygen atoms in total. The van der Waals surface area contributed by atoms with Crippen LogP contribution < -0.4 is 10.3 Å². The fourth-order valence-electron chi connectivity index (χ4n) is 6.07. The number of fused-ring (bicyclic) bond motifs is 1. The lowest BCUT2D eigenvalue weighted by atomic mass is 9.87. The number of benzene rings is 1. The van der Waals surface area contributed by atoms with Crippen molar-refractivity contribution in [3.05, 3.63) is 63.2 Å². The number of nitrogens with zero attached hydrogens (tertiary/aromatic N) is 2. The molecule has 2 aromatic heterocycles. The maximum atomic E-state index is 13.6. The minimum absolute atomic E-state index is 0.00707. The van der Waals surface area contributed by atoms with Crippen molar-refractivity contribution in [3.63, 3.8) is 0 Å². The van der Waals surface area contributed by atoms with Crippen molar-refractivity contribution >= 4 is 16.7 Å². The van der Waals surface area contributed by atoms with Gasteiger partial charge in [-0.25, -0.2) is 0 Å². The van der Waals surface area contributed by atoms with Crippen LogP contribution in [0.1, 0.15) is 73.4 Å². The molecule has 3 heterocycles. The van der Waals surface area contributed by atoms with Gasteiger partial charge in [0, 0.05) is 40.3 Å². The molecule has 0 spiro atoms. The number of Topliss-reactive ketones (excluding diaryl/α,β-unsaturated/α-hetero) is 1. The highest BCUT2D eigenvalue weighted by Gasteiger charge is 2.51. The van der Waals surface area contributed by atoms with E-state index >= 15 is 0 Å². The molecule has 1 aliphatic rings. The van der Waals surface area contributed by atoms with E-state index in [9.17, 15) is 22.8 Å². The number of H-pyrrole nitrogens is 1. The van der Waals surface area contributed by atoms with Crippen LogP contribution in [0.15, 0.2) is 35.1 Å². The second-order valence-electron chi connectivity index (χ2n) is 11.2. The van der Waals surface area contributed by atoms with Gasteiger partial charge in [-0.15, -0.1) is 0 Å². The monoisotopic (exact) mass is 545 g/mol. The van der Waals surface area contributed by atoms with E-state index in [0.717, 1.165) is 16.6 Å². The summed E-state index contributed by atoms with van der Waals surface area (Å²) in [4.78, 5) is 30.5. The topological polar surface area (TPSA) is 67.3 Å². The quantitative estimate of drug-likeness (QED) is 0.334. The number of likely N-dealkylation sites (tertiary alicyclic amines) is 1. The Hall–Kier alpha value is -3.07. The molecule has 1 fully saturated rings. The third-order valence-corrected chi connectivity index (χ3v) is 8.60. The summed E-state index contributed by atoms with van der Waals surface area (Å²) in [5.41, 5.74) is 1.43. The molecule has 0 bridgehead atoms. The first kappa shape index (κ1) is 28.9. The average Bonchev–Trinajstić information content (AvgIpc) is 3.18. The Morgan fingerprint density at radius 3 is 2.41 bits per heavy atom. The van der Waals surface area contributed by atoms with Gasteiger partial charge in [0.05, 0.1) is 12.7 Å². The van der Waals surface area contributed by atoms with Gasteiger partial charge in [0.25, 0.3) is 5.56 Å². The predicted octanol–water partition coefficient (Wildman–Crippen LogP) is 6.38. The standard InChI is InChI=1S/C30H38F3N3O3/c1-18-17-26(39-6)23(28(38)34-18)11-12-25(37)27-20(3)36(24-10-8-7-9-22(24)27)19(2)21-13-15-35(16-14-21)29(4,5)30(31,32)33/h7-10,17,19,21H,11-16H2,1-6H3,(H,34,38)/t19-/m1/s1. The Morgan fingerprint density at radius 1 is 1.15 bits per heavy atom. The summed E-state index contributed by atoms with van der Waals surface area (Å²) in [7, 11) is 1.51. The van der Waals surface area contributed by atoms with Crippen molar-refractivity contribution in [2.45, 2.75) is 78.1 Å². The van der Waals surface area contributed by atoms with E-state index in [0.29, 0.717) is 48.5 Å². The molecule has 1 aromatic carbocycles. The third kappa shape index (κ3) is 5.38. The Morgan fingerprint density at radius 2 is 1.79 bits per heavy atom. The number of hydrogen-bond acceptors (Lipinski definition) is 4. The summed E-state index contributed by atoms with van der Waals surface area (Å²) in [6, 6.07) is 9.52. The molecule has 3 aromatic rings. The number of rotatable bonds is 8. The van der Waals surface area contributed by atoms with Gasteiger partial charge in [-0.3, -0.25) is 14.5 Å². The van der Waals surface area contributed by atoms with Gasteiger partial charge in [-0.2, -0.15) is 13.2 Å². The minimum Gasteiger partial charge on any atom is -0.496 e. The lowest BCUT2D eigenvalue weighted by Gasteiger charge is -2.45. The molecular weight excluding hydrogens is 507 g/mol. The van der Waals surface area contributed by atoms with Crippen LogP contribution in [0.5, 0.6) is 5.75 Å². The molecule has 1 atom stereocenters. The number of pyridine rings is 1. The number of carbonyl (C=O) groups is 1. The van der Waals surface area contributed by atoms with E-state index in [-0.39, 0.29) is 36.1 Å². The molecule has 0 unspecified atom stereocenters. The fraction of sp³-hybridized carbons (Fsp3) is 0.533. The zero-order valence-corrected chi connectivity index (χ0v) is 23.5. The van der Waals surface area contributed by atoms with Gasteiger partial charge < -0.3 is 14.3 Å². The smallest absolute Gasteiger partial charge is 0.406 e. The lowest BCUT2D eigenvalue weighted by Crippen LogP contribution is -2.57. The molecule has 39 heavy (non-hydrogen) atoms. The van der Waals surface area contributed by atoms with E-state index in [4.69, 9.17) is 4.74 Å². The van der Waals surface area contributed by atoms with E-state index < -0.39 is 11.7 Å². The Kier molecular flexibility index (Phi) is 8.03. The van der Waals surface area contributed by atoms with Gasteiger partial charge >= 0.3 is 6.18 Å². The summed E-state index contributed by atoms with van der Waals surface area (Å²) < 4.78 is 48.3. The van der Waals surface area contributed by atoms with Gasteiger partial charge in [-0.1, -0.05) is 18.2 Å². The number of para-hydroxylation sites is 1. The molecule has 4 rings (SSSR count). The second kappa shape index (κ2) is 10.8. The summed E-state index contributed by atoms with van der Waals surface area (Å²) in [5, 5.41) is 0.854. The van der Waals surface area contributed by atoms with Gasteiger partial charge in [0.15, 0.2) is 5.78 Å². The minimum atomic E-state index is -4.29. The number of ketones is 1. The van der Waals surface area contributed by atoms with Crippen LogP contribution in [-0.4, -0.2) is 52.1 Å². The van der Waals surface area contributed by atoms with Gasteiger partial charge in [-0.05, 0) is 85.0 Å². The molecule has 0 amide bonds. The number of aromatic amines is 1. The number of carbonyl (C=O) groups excluding carboxylic acids is 1. The van der Waals surface area contributed by atoms with Crippen molar-refractivity contribution in [2.24, 2.45) is 5.92 Å². The summed E-state index contributed by atoms with van der Waals surface area (Å²) in [5.74, 6) is 0.591. The molecule has 0 radical (unpaired) electrons. The zero-order chi connectivity index (χ0) is 28.7. The molecule has 0 aliphatic carbocycles. The normalized spacial score (nSPS) is 16.5. The van der Waals surface area contributed by atoms with Crippen LogP contribution in [-0.2, 0) is 6.42 Å². The number of aromatic nitrogens is 2. The number of aryl methyl sites for hydroxylation is 1. The van der Waals surface area contributed by atoms with Gasteiger partial charge in [0.2, 0.25) is 0 Å². The number of alkyl halides is 3. The van der Waals surface area contributed by atoms with Crippen LogP contribution in [0.3, 0.4) is 0 Å². The number of nitrogens with one attached hydrogen (secondary N) is 1. The van der Waals surface area contributed by atoms with Crippen molar-refractivity contribution in [1.82, 2.24) is 14.5 Å². The van der Waals surface area contributed by atoms with Crippen LogP contribution >= 0.6 is 0 Å². The number of methoxy groups -OCH3 is 1. The first-order chi connectivity index (χ1) is 18.3. The van der Waals surface area contributed by atoms with Crippen LogP contribution in [0.25, 0.3) is 10.9 Å². The fourth-order valence-corrected chi connectivity index (χ4v) is 6.07. The van der Waals surface area contributed by atoms with Crippen molar-refractivity contribution < 1.29 is 22.7 Å². The van der Waals surface area contributed by atoms with Gasteiger partial charge in [0.1, 0.15) is 11.3 Å². The van der Waals surface area contributed by atoms with E-state index in [1.807, 2.05) is 31.2 Å². The number of hydrogen-bond donors (Lipinski definition) is 1. The number of ether oxygens (including phenoxy) is 1. The highest BCUT2D eigenvalue weighted by Crippen LogP contribution is 2.40. The SMILES string of the molecule is COc1cc(C)[nH]c(=O)c1CCC(=O)c1c(C)n([C@H](C)C2CCN(C(C)(C)C(F)(F)F)CC2)c2ccccc12. The summed E-state index contributed by atoms with van der Waals surface area (Å²) in [6.45, 7) is 9.05. The molecule has 0 saturated carbocycles. The molecule has 9 heteroatoms. The van der Waals surface area contributed by atoms with Crippen LogP contribution in [0.4, 0.5) is 13.2 Å². The molecular formula is C30H38F3N3O3. The maximum Gasteiger partial charge on any atom is 0.406 e.